The van der Waals surface area contributed by atoms with Gasteiger partial charge in [0.25, 0.3) is 0 Å². The second-order valence-electron chi connectivity index (χ2n) is 4.36. The molecule has 0 unspecified atom stereocenters. The number of fused-ring (bicyclic) bond motifs is 1. The molecule has 2 nitrogen and oxygen atoms in total. The minimum atomic E-state index is -0.398. The summed E-state index contributed by atoms with van der Waals surface area (Å²) in [6.07, 6.45) is 0. The molecular weight excluding hydrogens is 283 g/mol. The molecule has 0 fully saturated rings. The van der Waals surface area contributed by atoms with Crippen LogP contribution in [0.1, 0.15) is 5.56 Å². The van der Waals surface area contributed by atoms with Gasteiger partial charge in [-0.2, -0.15) is 0 Å². The number of aromatic nitrogens is 2. The molecule has 0 saturated heterocycles. The van der Waals surface area contributed by atoms with Gasteiger partial charge in [0.1, 0.15) is 11.5 Å². The van der Waals surface area contributed by atoms with Crippen LogP contribution in [-0.2, 0) is 0 Å². The highest BCUT2D eigenvalue weighted by Crippen LogP contribution is 2.28. The van der Waals surface area contributed by atoms with Crippen molar-refractivity contribution in [2.75, 3.05) is 0 Å². The number of nitrogens with one attached hydrogen (secondary N) is 1. The Morgan fingerprint density at radius 2 is 2.05 bits per heavy atom. The molecule has 96 valence electrons. The van der Waals surface area contributed by atoms with Crippen molar-refractivity contribution in [2.45, 2.75) is 6.92 Å². The van der Waals surface area contributed by atoms with Gasteiger partial charge in [-0.05, 0) is 49.0 Å². The Labute approximate surface area is 119 Å². The zero-order valence-electron chi connectivity index (χ0n) is 10.1. The first-order valence-corrected chi connectivity index (χ1v) is 6.52. The highest BCUT2D eigenvalue weighted by Gasteiger charge is 2.13. The number of rotatable bonds is 1. The highest BCUT2D eigenvalue weighted by atomic mass is 35.5. The van der Waals surface area contributed by atoms with Gasteiger partial charge in [0.05, 0.1) is 16.1 Å². The number of halogens is 2. The van der Waals surface area contributed by atoms with E-state index in [-0.39, 0.29) is 5.69 Å². The molecule has 0 atom stereocenters. The van der Waals surface area contributed by atoms with Crippen molar-refractivity contribution in [2.24, 2.45) is 0 Å². The van der Waals surface area contributed by atoms with Crippen LogP contribution in [-0.4, -0.2) is 9.55 Å². The van der Waals surface area contributed by atoms with E-state index in [0.29, 0.717) is 9.79 Å². The Bertz CT molecular complexity index is 815. The lowest BCUT2D eigenvalue weighted by Gasteiger charge is -2.08. The van der Waals surface area contributed by atoms with E-state index >= 15 is 0 Å². The second-order valence-corrected chi connectivity index (χ2v) is 5.15. The molecule has 2 aromatic carbocycles. The molecule has 5 heteroatoms. The minimum absolute atomic E-state index is 0.282. The predicted molar refractivity (Wildman–Crippen MR) is 78.2 cm³/mol. The monoisotopic (exact) mass is 292 g/mol. The second kappa shape index (κ2) is 4.47. The Kier molecular flexibility index (Phi) is 2.92. The van der Waals surface area contributed by atoms with E-state index in [0.717, 1.165) is 16.6 Å². The third kappa shape index (κ3) is 1.97. The fourth-order valence-electron chi connectivity index (χ4n) is 2.15. The number of nitrogens with zero attached hydrogens (tertiary/aromatic N) is 1. The topological polar surface area (TPSA) is 20.7 Å². The normalized spacial score (nSPS) is 11.1. The molecule has 0 aliphatic carbocycles. The summed E-state index contributed by atoms with van der Waals surface area (Å²) in [5.41, 5.74) is 3.06. The Morgan fingerprint density at radius 1 is 1.26 bits per heavy atom. The van der Waals surface area contributed by atoms with E-state index in [2.05, 4.69) is 4.98 Å². The summed E-state index contributed by atoms with van der Waals surface area (Å²) in [5.74, 6) is -0.398. The van der Waals surface area contributed by atoms with E-state index in [1.165, 1.54) is 6.07 Å². The third-order valence-electron chi connectivity index (χ3n) is 3.00. The van der Waals surface area contributed by atoms with Gasteiger partial charge in [0.2, 0.25) is 0 Å². The molecule has 0 amide bonds. The molecule has 0 bridgehead atoms. The number of H-pyrrole nitrogens is 1. The molecule has 3 aromatic rings. The van der Waals surface area contributed by atoms with E-state index in [4.69, 9.17) is 23.8 Å². The van der Waals surface area contributed by atoms with Crippen molar-refractivity contribution in [3.63, 3.8) is 0 Å². The predicted octanol–water partition coefficient (Wildman–Crippen LogP) is 4.79. The van der Waals surface area contributed by atoms with Gasteiger partial charge in [-0.1, -0.05) is 23.7 Å². The summed E-state index contributed by atoms with van der Waals surface area (Å²) in [4.78, 5) is 3.07. The van der Waals surface area contributed by atoms with Gasteiger partial charge < -0.3 is 4.98 Å². The zero-order valence-corrected chi connectivity index (χ0v) is 11.6. The number of imidazole rings is 1. The largest absolute Gasteiger partial charge is 0.330 e. The van der Waals surface area contributed by atoms with Crippen LogP contribution in [0.4, 0.5) is 4.39 Å². The first kappa shape index (κ1) is 12.4. The molecule has 1 aromatic heterocycles. The number of aryl methyl sites for hydroxylation is 1. The van der Waals surface area contributed by atoms with Gasteiger partial charge in [0.15, 0.2) is 4.77 Å². The van der Waals surface area contributed by atoms with Gasteiger partial charge in [-0.3, -0.25) is 4.57 Å². The van der Waals surface area contributed by atoms with Crippen LogP contribution in [0.2, 0.25) is 5.02 Å². The van der Waals surface area contributed by atoms with Gasteiger partial charge in [-0.25, -0.2) is 4.39 Å². The fourth-order valence-corrected chi connectivity index (χ4v) is 2.70. The molecular formula is C14H10ClFN2S. The van der Waals surface area contributed by atoms with Crippen LogP contribution in [0, 0.1) is 17.5 Å². The number of hydrogen-bond donors (Lipinski definition) is 1. The SMILES string of the molecule is Cc1ccc2c(c1)[nH]c(=S)n2-c1c(F)cccc1Cl. The number of benzene rings is 2. The van der Waals surface area contributed by atoms with E-state index < -0.39 is 5.82 Å². The third-order valence-corrected chi connectivity index (χ3v) is 3.59. The summed E-state index contributed by atoms with van der Waals surface area (Å²) in [5, 5.41) is 0.331. The van der Waals surface area contributed by atoms with Gasteiger partial charge >= 0.3 is 0 Å². The molecule has 0 saturated carbocycles. The Balaban J connectivity index is 2.43. The van der Waals surface area contributed by atoms with Crippen molar-refractivity contribution in [1.82, 2.24) is 9.55 Å². The summed E-state index contributed by atoms with van der Waals surface area (Å²) in [6, 6.07) is 10.4. The van der Waals surface area contributed by atoms with Crippen LogP contribution in [0.15, 0.2) is 36.4 Å². The number of hydrogen-bond acceptors (Lipinski definition) is 1. The molecule has 0 aliphatic rings. The van der Waals surface area contributed by atoms with Crippen LogP contribution in [0.3, 0.4) is 0 Å². The summed E-state index contributed by atoms with van der Waals surface area (Å²) >= 11 is 11.4. The maximum atomic E-state index is 14.0. The Hall–Kier alpha value is -1.65. The summed E-state index contributed by atoms with van der Waals surface area (Å²) < 4.78 is 16.1. The lowest BCUT2D eigenvalue weighted by molar-refractivity contribution is 0.619. The van der Waals surface area contributed by atoms with Crippen molar-refractivity contribution in [3.8, 4) is 5.69 Å². The quantitative estimate of drug-likeness (QED) is 0.640. The smallest absolute Gasteiger partial charge is 0.182 e. The van der Waals surface area contributed by atoms with Crippen molar-refractivity contribution in [3.05, 3.63) is 57.6 Å². The lowest BCUT2D eigenvalue weighted by atomic mass is 10.2. The first-order valence-electron chi connectivity index (χ1n) is 5.73. The molecule has 3 rings (SSSR count). The van der Waals surface area contributed by atoms with Gasteiger partial charge in [0, 0.05) is 0 Å². The summed E-state index contributed by atoms with van der Waals surface area (Å²) in [6.45, 7) is 1.99. The number of aromatic amines is 1. The van der Waals surface area contributed by atoms with Crippen LogP contribution >= 0.6 is 23.8 Å². The lowest BCUT2D eigenvalue weighted by Crippen LogP contribution is -1.98. The maximum absolute atomic E-state index is 14.0. The molecule has 1 N–H and O–H groups in total. The van der Waals surface area contributed by atoms with Gasteiger partial charge in [-0.15, -0.1) is 0 Å². The van der Waals surface area contributed by atoms with Crippen LogP contribution < -0.4 is 0 Å². The van der Waals surface area contributed by atoms with Crippen molar-refractivity contribution in [1.29, 1.82) is 0 Å². The van der Waals surface area contributed by atoms with Crippen molar-refractivity contribution < 1.29 is 4.39 Å². The summed E-state index contributed by atoms with van der Waals surface area (Å²) in [7, 11) is 0. The van der Waals surface area contributed by atoms with E-state index in [1.807, 2.05) is 25.1 Å². The fraction of sp³-hybridized carbons (Fsp3) is 0.0714. The standard InChI is InChI=1S/C14H10ClFN2S/c1-8-5-6-12-11(7-8)17-14(19)18(12)13-9(15)3-2-4-10(13)16/h2-7H,1H3,(H,17,19). The zero-order chi connectivity index (χ0) is 13.6. The van der Waals surface area contributed by atoms with Crippen LogP contribution in [0.25, 0.3) is 16.7 Å². The van der Waals surface area contributed by atoms with E-state index in [9.17, 15) is 4.39 Å². The van der Waals surface area contributed by atoms with E-state index in [1.54, 1.807) is 16.7 Å². The van der Waals surface area contributed by atoms with Crippen LogP contribution in [0.5, 0.6) is 0 Å². The molecule has 1 heterocycles. The molecule has 0 aliphatic heterocycles. The average Bonchev–Trinajstić information content (AvgIpc) is 2.65. The molecule has 19 heavy (non-hydrogen) atoms. The molecule has 0 spiro atoms. The first-order chi connectivity index (χ1) is 9.08. The Morgan fingerprint density at radius 3 is 2.79 bits per heavy atom. The number of para-hydroxylation sites is 1. The molecule has 0 radical (unpaired) electrons. The minimum Gasteiger partial charge on any atom is -0.330 e. The van der Waals surface area contributed by atoms with Crippen molar-refractivity contribution >= 4 is 34.9 Å². The maximum Gasteiger partial charge on any atom is 0.182 e. The average molecular weight is 293 g/mol. The highest BCUT2D eigenvalue weighted by molar-refractivity contribution is 7.71.